The summed E-state index contributed by atoms with van der Waals surface area (Å²) < 4.78 is 68.0. The maximum Gasteiger partial charge on any atom is 0.516 e. The van der Waals surface area contributed by atoms with Gasteiger partial charge in [0.05, 0.1) is 11.0 Å². The summed E-state index contributed by atoms with van der Waals surface area (Å²) in [5.74, 6) is 0.846. The Balaban J connectivity index is 1.57. The number of amides is 1. The van der Waals surface area contributed by atoms with Crippen molar-refractivity contribution in [3.63, 3.8) is 0 Å². The van der Waals surface area contributed by atoms with Gasteiger partial charge in [-0.25, -0.2) is 14.5 Å². The Kier molecular flexibility index (Phi) is 7.98. The molecule has 0 fully saturated rings. The van der Waals surface area contributed by atoms with Crippen LogP contribution in [0.15, 0.2) is 66.7 Å². The second-order valence-corrected chi connectivity index (χ2v) is 10.6. The number of carbonyl (C=O) groups excluding carboxylic acids is 1. The molecule has 4 rings (SSSR count). The third-order valence-corrected chi connectivity index (χ3v) is 7.04. The highest BCUT2D eigenvalue weighted by Gasteiger charge is 2.47. The van der Waals surface area contributed by atoms with Crippen LogP contribution in [-0.2, 0) is 23.0 Å². The molecular formula is C26H23ClF3N3O4S. The summed E-state index contributed by atoms with van der Waals surface area (Å²) in [6.45, 7) is 2.65. The minimum absolute atomic E-state index is 0.104. The fraction of sp³-hybridized carbons (Fsp3) is 0.231. The standard InChI is InChI=1S/C26H23ClF3N3O4S/c1-2-3-8-24-31-21-14-13-19(27)15-22(21)33(24)16-17-9-11-18(12-10-17)20-6-4-5-7-23(20)37-25(34)32-38(35,36)26(28,29)30/h4-7,9-15H,2-3,8,16H2,1H3,(H,32,34). The first-order valence-electron chi connectivity index (χ1n) is 11.6. The van der Waals surface area contributed by atoms with Gasteiger partial charge in [-0.05, 0) is 41.8 Å². The molecule has 0 aliphatic heterocycles. The number of imidazole rings is 1. The van der Waals surface area contributed by atoms with Crippen molar-refractivity contribution in [3.05, 3.63) is 83.1 Å². The number of ether oxygens (including phenoxy) is 1. The lowest BCUT2D eigenvalue weighted by Gasteiger charge is -2.13. The number of aromatic nitrogens is 2. The highest BCUT2D eigenvalue weighted by Crippen LogP contribution is 2.31. The molecule has 1 amide bonds. The van der Waals surface area contributed by atoms with E-state index in [1.807, 2.05) is 24.3 Å². The average Bonchev–Trinajstić information content (AvgIpc) is 3.19. The summed E-state index contributed by atoms with van der Waals surface area (Å²) in [7, 11) is -5.89. The molecule has 12 heteroatoms. The lowest BCUT2D eigenvalue weighted by atomic mass is 10.0. The number of benzene rings is 3. The minimum Gasteiger partial charge on any atom is -0.409 e. The van der Waals surface area contributed by atoms with Crippen molar-refractivity contribution in [2.24, 2.45) is 0 Å². The van der Waals surface area contributed by atoms with Gasteiger partial charge in [0.15, 0.2) is 0 Å². The van der Waals surface area contributed by atoms with Gasteiger partial charge in [0, 0.05) is 23.6 Å². The van der Waals surface area contributed by atoms with Gasteiger partial charge in [0.1, 0.15) is 11.6 Å². The van der Waals surface area contributed by atoms with Gasteiger partial charge in [-0.15, -0.1) is 0 Å². The third-order valence-electron chi connectivity index (χ3n) is 5.76. The Morgan fingerprint density at radius 1 is 1.08 bits per heavy atom. The first kappa shape index (κ1) is 27.5. The maximum atomic E-state index is 12.6. The number of nitrogens with one attached hydrogen (secondary N) is 1. The van der Waals surface area contributed by atoms with E-state index in [2.05, 4.69) is 11.5 Å². The molecule has 4 aromatic rings. The van der Waals surface area contributed by atoms with E-state index in [1.165, 1.54) is 12.1 Å². The van der Waals surface area contributed by atoms with E-state index in [0.717, 1.165) is 46.4 Å². The van der Waals surface area contributed by atoms with Crippen molar-refractivity contribution >= 4 is 38.8 Å². The molecule has 0 aliphatic rings. The quantitative estimate of drug-likeness (QED) is 0.257. The number of sulfonamides is 1. The third kappa shape index (κ3) is 6.11. The zero-order valence-electron chi connectivity index (χ0n) is 20.1. The number of carbonyl (C=O) groups is 1. The monoisotopic (exact) mass is 565 g/mol. The van der Waals surface area contributed by atoms with Crippen LogP contribution in [0.1, 0.15) is 31.2 Å². The zero-order valence-corrected chi connectivity index (χ0v) is 21.7. The number of hydrogen-bond donors (Lipinski definition) is 1. The normalized spacial score (nSPS) is 12.0. The van der Waals surface area contributed by atoms with Crippen LogP contribution < -0.4 is 9.46 Å². The molecule has 0 saturated heterocycles. The van der Waals surface area contributed by atoms with E-state index in [-0.39, 0.29) is 5.75 Å². The minimum atomic E-state index is -5.89. The second-order valence-electron chi connectivity index (χ2n) is 8.48. The number of fused-ring (bicyclic) bond motifs is 1. The van der Waals surface area contributed by atoms with Gasteiger partial charge in [0.25, 0.3) is 0 Å². The van der Waals surface area contributed by atoms with Crippen LogP contribution in [0.5, 0.6) is 5.75 Å². The average molecular weight is 566 g/mol. The summed E-state index contributed by atoms with van der Waals surface area (Å²) in [5.41, 5.74) is -1.91. The van der Waals surface area contributed by atoms with Crippen LogP contribution in [0.3, 0.4) is 0 Å². The number of alkyl halides is 3. The van der Waals surface area contributed by atoms with Crippen LogP contribution in [0, 0.1) is 0 Å². The largest absolute Gasteiger partial charge is 0.516 e. The maximum absolute atomic E-state index is 12.6. The van der Waals surface area contributed by atoms with Crippen molar-refractivity contribution in [1.82, 2.24) is 14.3 Å². The van der Waals surface area contributed by atoms with E-state index in [4.69, 9.17) is 21.3 Å². The number of halogens is 4. The number of para-hydroxylation sites is 1. The lowest BCUT2D eigenvalue weighted by molar-refractivity contribution is -0.0446. The smallest absolute Gasteiger partial charge is 0.409 e. The van der Waals surface area contributed by atoms with Gasteiger partial charge in [-0.1, -0.05) is 67.4 Å². The Morgan fingerprint density at radius 2 is 1.79 bits per heavy atom. The van der Waals surface area contributed by atoms with Gasteiger partial charge >= 0.3 is 21.6 Å². The number of nitrogens with zero attached hydrogens (tertiary/aromatic N) is 2. The van der Waals surface area contributed by atoms with Crippen molar-refractivity contribution < 1.29 is 31.1 Å². The van der Waals surface area contributed by atoms with Crippen molar-refractivity contribution in [2.45, 2.75) is 38.2 Å². The van der Waals surface area contributed by atoms with Gasteiger partial charge in [-0.3, -0.25) is 0 Å². The predicted octanol–water partition coefficient (Wildman–Crippen LogP) is 6.69. The molecule has 0 radical (unpaired) electrons. The van der Waals surface area contributed by atoms with Gasteiger partial charge < -0.3 is 9.30 Å². The Labute approximate surface area is 222 Å². The van der Waals surface area contributed by atoms with Crippen molar-refractivity contribution in [1.29, 1.82) is 0 Å². The molecule has 0 bridgehead atoms. The van der Waals surface area contributed by atoms with Gasteiger partial charge in [0.2, 0.25) is 0 Å². The highest BCUT2D eigenvalue weighted by molar-refractivity contribution is 7.90. The number of aryl methyl sites for hydroxylation is 1. The molecule has 0 aliphatic carbocycles. The van der Waals surface area contributed by atoms with Crippen LogP contribution in [0.4, 0.5) is 18.0 Å². The van der Waals surface area contributed by atoms with E-state index in [0.29, 0.717) is 22.7 Å². The molecule has 1 heterocycles. The summed E-state index contributed by atoms with van der Waals surface area (Å²) in [6, 6.07) is 19.0. The second kappa shape index (κ2) is 11.0. The molecule has 1 aromatic heterocycles. The summed E-state index contributed by atoms with van der Waals surface area (Å²) in [4.78, 5) is 16.7. The lowest BCUT2D eigenvalue weighted by Crippen LogP contribution is -2.41. The van der Waals surface area contributed by atoms with E-state index in [9.17, 15) is 26.4 Å². The van der Waals surface area contributed by atoms with Crippen molar-refractivity contribution in [2.75, 3.05) is 0 Å². The zero-order chi connectivity index (χ0) is 27.5. The Hall–Kier alpha value is -3.57. The fourth-order valence-electron chi connectivity index (χ4n) is 3.90. The molecular weight excluding hydrogens is 543 g/mol. The molecule has 7 nitrogen and oxygen atoms in total. The highest BCUT2D eigenvalue weighted by atomic mass is 35.5. The summed E-state index contributed by atoms with van der Waals surface area (Å²) >= 11 is 6.23. The predicted molar refractivity (Wildman–Crippen MR) is 138 cm³/mol. The molecule has 200 valence electrons. The van der Waals surface area contributed by atoms with E-state index < -0.39 is 21.6 Å². The topological polar surface area (TPSA) is 90.3 Å². The molecule has 0 atom stereocenters. The van der Waals surface area contributed by atoms with Gasteiger partial charge in [-0.2, -0.15) is 21.6 Å². The molecule has 0 saturated carbocycles. The molecule has 38 heavy (non-hydrogen) atoms. The summed E-state index contributed by atoms with van der Waals surface area (Å²) in [6.07, 6.45) is 1.07. The van der Waals surface area contributed by atoms with Crippen LogP contribution >= 0.6 is 11.6 Å². The first-order chi connectivity index (χ1) is 18.0. The van der Waals surface area contributed by atoms with Crippen molar-refractivity contribution in [3.8, 4) is 16.9 Å². The fourth-order valence-corrected chi connectivity index (χ4v) is 4.45. The van der Waals surface area contributed by atoms with Crippen LogP contribution in [0.25, 0.3) is 22.2 Å². The summed E-state index contributed by atoms with van der Waals surface area (Å²) in [5, 5.41) is 0.611. The van der Waals surface area contributed by atoms with Crippen LogP contribution in [-0.4, -0.2) is 29.6 Å². The van der Waals surface area contributed by atoms with E-state index >= 15 is 0 Å². The molecule has 3 aromatic carbocycles. The Bertz CT molecular complexity index is 1570. The molecule has 0 spiro atoms. The number of unbranched alkanes of at least 4 members (excludes halogenated alkanes) is 1. The SMILES string of the molecule is CCCCc1nc2ccc(Cl)cc2n1Cc1ccc(-c2ccccc2OC(=O)NS(=O)(=O)C(F)(F)F)cc1. The number of hydrogen-bond acceptors (Lipinski definition) is 5. The number of rotatable bonds is 8. The van der Waals surface area contributed by atoms with E-state index in [1.54, 1.807) is 30.3 Å². The first-order valence-corrected chi connectivity index (χ1v) is 13.5. The Morgan fingerprint density at radius 3 is 2.47 bits per heavy atom. The van der Waals surface area contributed by atoms with Crippen LogP contribution in [0.2, 0.25) is 5.02 Å². The molecule has 1 N–H and O–H groups in total. The molecule has 0 unspecified atom stereocenters.